The number of carbonyl (C=O) groups is 1. The lowest BCUT2D eigenvalue weighted by molar-refractivity contribution is 0.181. The summed E-state index contributed by atoms with van der Waals surface area (Å²) < 4.78 is 28.7. The van der Waals surface area contributed by atoms with Gasteiger partial charge in [0.2, 0.25) is 0 Å². The zero-order chi connectivity index (χ0) is 17.7. The molecule has 134 valence electrons. The van der Waals surface area contributed by atoms with Gasteiger partial charge in [-0.15, -0.1) is 0 Å². The Morgan fingerprint density at radius 2 is 2.21 bits per heavy atom. The summed E-state index contributed by atoms with van der Waals surface area (Å²) >= 11 is 6.05. The summed E-state index contributed by atoms with van der Waals surface area (Å²) in [7, 11) is -3.02. The normalized spacial score (nSPS) is 19.0. The first kappa shape index (κ1) is 18.9. The third kappa shape index (κ3) is 5.01. The van der Waals surface area contributed by atoms with Crippen molar-refractivity contribution in [1.29, 1.82) is 0 Å². The molecule has 2 rings (SSSR count). The predicted octanol–water partition coefficient (Wildman–Crippen LogP) is 2.25. The fourth-order valence-electron chi connectivity index (χ4n) is 2.73. The van der Waals surface area contributed by atoms with Crippen molar-refractivity contribution in [1.82, 2.24) is 10.2 Å². The van der Waals surface area contributed by atoms with Crippen LogP contribution in [0.25, 0.3) is 0 Å². The monoisotopic (exact) mass is 374 g/mol. The molecule has 2 amide bonds. The van der Waals surface area contributed by atoms with Crippen molar-refractivity contribution in [3.8, 4) is 5.75 Å². The number of benzene rings is 1. The molecule has 1 aliphatic heterocycles. The second-order valence-electron chi connectivity index (χ2n) is 5.86. The number of amides is 2. The summed E-state index contributed by atoms with van der Waals surface area (Å²) in [5.41, 5.74) is 1.04. The molecule has 1 aromatic carbocycles. The molecule has 1 aromatic rings. The zero-order valence-corrected chi connectivity index (χ0v) is 15.5. The van der Waals surface area contributed by atoms with Crippen LogP contribution in [0.4, 0.5) is 4.79 Å². The van der Waals surface area contributed by atoms with Gasteiger partial charge in [-0.3, -0.25) is 0 Å². The predicted molar refractivity (Wildman–Crippen MR) is 94.5 cm³/mol. The zero-order valence-electron chi connectivity index (χ0n) is 13.9. The molecule has 24 heavy (non-hydrogen) atoms. The lowest BCUT2D eigenvalue weighted by Crippen LogP contribution is -2.47. The molecule has 0 aromatic heterocycles. The number of urea groups is 1. The molecule has 0 saturated carbocycles. The molecule has 1 fully saturated rings. The average Bonchev–Trinajstić information content (AvgIpc) is 2.87. The van der Waals surface area contributed by atoms with E-state index in [0.717, 1.165) is 5.56 Å². The van der Waals surface area contributed by atoms with E-state index in [9.17, 15) is 13.2 Å². The number of halogens is 1. The molecular formula is C16H23ClN2O4S. The van der Waals surface area contributed by atoms with Gasteiger partial charge < -0.3 is 15.0 Å². The Bertz CT molecular complexity index is 693. The fourth-order valence-corrected chi connectivity index (χ4v) is 4.63. The van der Waals surface area contributed by atoms with Crippen molar-refractivity contribution in [2.75, 3.05) is 31.2 Å². The third-order valence-electron chi connectivity index (χ3n) is 3.97. The van der Waals surface area contributed by atoms with Crippen LogP contribution in [0, 0.1) is 6.92 Å². The Morgan fingerprint density at radius 3 is 2.83 bits per heavy atom. The molecule has 1 saturated heterocycles. The minimum absolute atomic E-state index is 0.0453. The molecule has 1 N–H and O–H groups in total. The van der Waals surface area contributed by atoms with E-state index in [2.05, 4.69) is 5.32 Å². The van der Waals surface area contributed by atoms with Gasteiger partial charge in [-0.05, 0) is 38.0 Å². The van der Waals surface area contributed by atoms with E-state index in [1.807, 2.05) is 26.0 Å². The van der Waals surface area contributed by atoms with Crippen molar-refractivity contribution in [2.24, 2.45) is 0 Å². The molecule has 1 unspecified atom stereocenters. The van der Waals surface area contributed by atoms with Gasteiger partial charge in [-0.25, -0.2) is 13.2 Å². The number of hydrogen-bond donors (Lipinski definition) is 1. The van der Waals surface area contributed by atoms with Crippen LogP contribution in [0.2, 0.25) is 5.02 Å². The quantitative estimate of drug-likeness (QED) is 0.775. The largest absolute Gasteiger partial charge is 0.490 e. The van der Waals surface area contributed by atoms with Crippen LogP contribution < -0.4 is 10.1 Å². The summed E-state index contributed by atoms with van der Waals surface area (Å²) in [5, 5.41) is 3.29. The molecule has 0 spiro atoms. The first-order valence-corrected chi connectivity index (χ1v) is 10.2. The molecule has 1 aliphatic rings. The van der Waals surface area contributed by atoms with E-state index in [-0.39, 0.29) is 30.2 Å². The van der Waals surface area contributed by atoms with Gasteiger partial charge in [0.1, 0.15) is 12.4 Å². The lowest BCUT2D eigenvalue weighted by Gasteiger charge is -2.27. The topological polar surface area (TPSA) is 75.7 Å². The van der Waals surface area contributed by atoms with Crippen LogP contribution in [0.3, 0.4) is 0 Å². The highest BCUT2D eigenvalue weighted by Gasteiger charge is 2.33. The molecule has 0 aliphatic carbocycles. The van der Waals surface area contributed by atoms with Crippen LogP contribution in [0.5, 0.6) is 5.75 Å². The first-order valence-electron chi connectivity index (χ1n) is 7.96. The van der Waals surface area contributed by atoms with Crippen LogP contribution in [-0.4, -0.2) is 56.6 Å². The van der Waals surface area contributed by atoms with Crippen molar-refractivity contribution < 1.29 is 17.9 Å². The Kier molecular flexibility index (Phi) is 6.34. The van der Waals surface area contributed by atoms with Crippen molar-refractivity contribution >= 4 is 27.5 Å². The highest BCUT2D eigenvalue weighted by atomic mass is 35.5. The number of carbonyl (C=O) groups excluding carboxylic acids is 1. The van der Waals surface area contributed by atoms with Crippen LogP contribution in [0.15, 0.2) is 18.2 Å². The van der Waals surface area contributed by atoms with Crippen LogP contribution >= 0.6 is 11.6 Å². The first-order chi connectivity index (χ1) is 11.3. The number of sulfone groups is 1. The van der Waals surface area contributed by atoms with Gasteiger partial charge in [0.05, 0.1) is 23.1 Å². The van der Waals surface area contributed by atoms with Crippen LogP contribution in [0.1, 0.15) is 18.9 Å². The number of ether oxygens (including phenoxy) is 1. The van der Waals surface area contributed by atoms with Gasteiger partial charge in [0.15, 0.2) is 9.84 Å². The highest BCUT2D eigenvalue weighted by molar-refractivity contribution is 7.91. The smallest absolute Gasteiger partial charge is 0.317 e. The van der Waals surface area contributed by atoms with Gasteiger partial charge in [0, 0.05) is 12.6 Å². The van der Waals surface area contributed by atoms with Gasteiger partial charge >= 0.3 is 6.03 Å². The maximum Gasteiger partial charge on any atom is 0.317 e. The number of nitrogens with one attached hydrogen (secondary N) is 1. The molecule has 6 nitrogen and oxygen atoms in total. The maximum atomic E-state index is 12.2. The summed E-state index contributed by atoms with van der Waals surface area (Å²) in [6.07, 6.45) is 0.499. The minimum Gasteiger partial charge on any atom is -0.490 e. The summed E-state index contributed by atoms with van der Waals surface area (Å²) in [6, 6.07) is 4.99. The van der Waals surface area contributed by atoms with E-state index >= 15 is 0 Å². The second kappa shape index (κ2) is 8.07. The second-order valence-corrected chi connectivity index (χ2v) is 8.49. The molecule has 0 radical (unpaired) electrons. The summed E-state index contributed by atoms with van der Waals surface area (Å²) in [4.78, 5) is 13.8. The summed E-state index contributed by atoms with van der Waals surface area (Å²) in [6.45, 7) is 4.86. The Hall–Kier alpha value is -1.47. The standard InChI is InChI=1S/C16H23ClN2O4S/c1-3-19(13-6-9-24(21,22)11-13)16(20)18-7-8-23-15-10-12(2)4-5-14(15)17/h4-5,10,13H,3,6-9,11H2,1-2H3,(H,18,20). The van der Waals surface area contributed by atoms with Crippen molar-refractivity contribution in [3.63, 3.8) is 0 Å². The SMILES string of the molecule is CCN(C(=O)NCCOc1cc(C)ccc1Cl)C1CCS(=O)(=O)C1. The Labute approximate surface area is 148 Å². The number of nitrogens with zero attached hydrogens (tertiary/aromatic N) is 1. The molecule has 0 bridgehead atoms. The van der Waals surface area contributed by atoms with Gasteiger partial charge in [-0.1, -0.05) is 17.7 Å². The van der Waals surface area contributed by atoms with Crippen LogP contribution in [-0.2, 0) is 9.84 Å². The minimum atomic E-state index is -3.02. The highest BCUT2D eigenvalue weighted by Crippen LogP contribution is 2.25. The molecule has 8 heteroatoms. The van der Waals surface area contributed by atoms with E-state index < -0.39 is 9.84 Å². The van der Waals surface area contributed by atoms with E-state index in [1.54, 1.807) is 11.0 Å². The number of rotatable bonds is 6. The average molecular weight is 375 g/mol. The van der Waals surface area contributed by atoms with Gasteiger partial charge in [0.25, 0.3) is 0 Å². The van der Waals surface area contributed by atoms with Crippen molar-refractivity contribution in [2.45, 2.75) is 26.3 Å². The summed E-state index contributed by atoms with van der Waals surface area (Å²) in [5.74, 6) is 0.778. The fraction of sp³-hybridized carbons (Fsp3) is 0.562. The number of aryl methyl sites for hydroxylation is 1. The van der Waals surface area contributed by atoms with E-state index in [1.165, 1.54) is 0 Å². The molecular weight excluding hydrogens is 352 g/mol. The van der Waals surface area contributed by atoms with E-state index in [4.69, 9.17) is 16.3 Å². The van der Waals surface area contributed by atoms with E-state index in [0.29, 0.717) is 30.3 Å². The lowest BCUT2D eigenvalue weighted by atomic mass is 10.2. The Balaban J connectivity index is 1.80. The van der Waals surface area contributed by atoms with Crippen molar-refractivity contribution in [3.05, 3.63) is 28.8 Å². The van der Waals surface area contributed by atoms with Gasteiger partial charge in [-0.2, -0.15) is 0 Å². The number of hydrogen-bond acceptors (Lipinski definition) is 4. The Morgan fingerprint density at radius 1 is 1.46 bits per heavy atom. The molecule has 1 atom stereocenters. The third-order valence-corrected chi connectivity index (χ3v) is 6.04. The molecule has 1 heterocycles. The maximum absolute atomic E-state index is 12.2.